The molecule has 0 amide bonds. The Bertz CT molecular complexity index is 1560. The van der Waals surface area contributed by atoms with Crippen LogP contribution in [-0.4, -0.2) is 61.4 Å². The van der Waals surface area contributed by atoms with Crippen LogP contribution in [-0.2, 0) is 47.9 Å². The molecule has 0 aliphatic heterocycles. The molecule has 2 aromatic carbocycles. The fourth-order valence-corrected chi connectivity index (χ4v) is 4.57. The Hall–Kier alpha value is -4.91. The Morgan fingerprint density at radius 2 is 1.55 bits per heavy atom. The maximum Gasteiger partial charge on any atom is 0.566 e. The number of rotatable bonds is 14. The number of nitrogens with zero attached hydrogens (tertiary/aromatic N) is 5. The molecule has 44 heavy (non-hydrogen) atoms. The Labute approximate surface area is 254 Å². The summed E-state index contributed by atoms with van der Waals surface area (Å²) in [5.74, 6) is -1.26. The zero-order valence-corrected chi connectivity index (χ0v) is 25.5. The molecule has 13 nitrogen and oxygen atoms in total. The Morgan fingerprint density at radius 1 is 0.886 bits per heavy atom. The summed E-state index contributed by atoms with van der Waals surface area (Å²) in [7, 11) is 1.11. The van der Waals surface area contributed by atoms with Crippen LogP contribution in [0.5, 0.6) is 0 Å². The molecule has 0 atom stereocenters. The molecule has 0 unspecified atom stereocenters. The molecule has 4 rings (SSSR count). The average Bonchev–Trinajstić information content (AvgIpc) is 3.70. The number of H-pyrrole nitrogens is 1. The molecule has 0 saturated heterocycles. The van der Waals surface area contributed by atoms with Crippen LogP contribution in [0.15, 0.2) is 48.5 Å². The number of benzene rings is 2. The molecule has 0 saturated carbocycles. The number of imidazole rings is 1. The van der Waals surface area contributed by atoms with Gasteiger partial charge in [-0.15, -0.1) is 5.10 Å². The van der Waals surface area contributed by atoms with Crippen LogP contribution in [0.4, 0.5) is 0 Å². The first-order valence-electron chi connectivity index (χ1n) is 14.5. The van der Waals surface area contributed by atoms with E-state index in [-0.39, 0.29) is 18.5 Å². The summed E-state index contributed by atoms with van der Waals surface area (Å²) < 4.78 is 22.9. The van der Waals surface area contributed by atoms with Crippen molar-refractivity contribution in [3.63, 3.8) is 0 Å². The van der Waals surface area contributed by atoms with Crippen molar-refractivity contribution >= 4 is 17.9 Å². The normalized spacial score (nSPS) is 11.3. The van der Waals surface area contributed by atoms with Crippen LogP contribution in [0.1, 0.15) is 74.5 Å². The zero-order chi connectivity index (χ0) is 31.7. The lowest BCUT2D eigenvalue weighted by atomic mass is 9.98. The summed E-state index contributed by atoms with van der Waals surface area (Å²) in [6, 6.07) is 15.7. The van der Waals surface area contributed by atoms with Crippen LogP contribution < -0.4 is 0 Å². The molecule has 0 fully saturated rings. The maximum atomic E-state index is 13.8. The number of carbonyl (C=O) groups excluding carboxylic acids is 3. The maximum absolute atomic E-state index is 13.8. The van der Waals surface area contributed by atoms with Crippen LogP contribution in [0.25, 0.3) is 22.5 Å². The summed E-state index contributed by atoms with van der Waals surface area (Å²) in [4.78, 5) is 42.9. The molecule has 0 radical (unpaired) electrons. The summed E-state index contributed by atoms with van der Waals surface area (Å²) in [5.41, 5.74) is 4.28. The summed E-state index contributed by atoms with van der Waals surface area (Å²) in [5, 5.41) is 14.2. The van der Waals surface area contributed by atoms with E-state index in [1.807, 2.05) is 62.4 Å². The van der Waals surface area contributed by atoms with Crippen molar-refractivity contribution in [3.05, 3.63) is 71.3 Å². The summed E-state index contributed by atoms with van der Waals surface area (Å²) >= 11 is 0. The van der Waals surface area contributed by atoms with E-state index < -0.39 is 24.1 Å². The summed E-state index contributed by atoms with van der Waals surface area (Å²) in [6.45, 7) is 7.27. The molecule has 13 heteroatoms. The van der Waals surface area contributed by atoms with Crippen molar-refractivity contribution in [2.75, 3.05) is 7.11 Å². The first-order chi connectivity index (χ1) is 21.3. The number of esters is 3. The number of aromatic amines is 1. The van der Waals surface area contributed by atoms with Gasteiger partial charge in [0.05, 0.1) is 5.69 Å². The van der Waals surface area contributed by atoms with Gasteiger partial charge < -0.3 is 18.8 Å². The molecule has 2 heterocycles. The predicted octanol–water partition coefficient (Wildman–Crippen LogP) is 4.61. The third kappa shape index (κ3) is 7.17. The van der Waals surface area contributed by atoms with E-state index in [9.17, 15) is 14.4 Å². The minimum Gasteiger partial charge on any atom is -0.363 e. The lowest BCUT2D eigenvalue weighted by molar-refractivity contribution is -0.437. The molecule has 232 valence electrons. The van der Waals surface area contributed by atoms with Gasteiger partial charge in [-0.2, -0.15) is 0 Å². The molecular weight excluding hydrogens is 568 g/mol. The minimum atomic E-state index is -2.68. The lowest BCUT2D eigenvalue weighted by Gasteiger charge is -2.28. The van der Waals surface area contributed by atoms with Gasteiger partial charge in [0.2, 0.25) is 0 Å². The lowest BCUT2D eigenvalue weighted by Crippen LogP contribution is -2.46. The third-order valence-electron chi connectivity index (χ3n) is 6.78. The highest BCUT2D eigenvalue weighted by Crippen LogP contribution is 2.30. The van der Waals surface area contributed by atoms with Gasteiger partial charge >= 0.3 is 24.1 Å². The quantitative estimate of drug-likeness (QED) is 0.158. The van der Waals surface area contributed by atoms with Gasteiger partial charge in [0.1, 0.15) is 5.82 Å². The molecule has 0 aliphatic carbocycles. The van der Waals surface area contributed by atoms with Gasteiger partial charge in [0.25, 0.3) is 0 Å². The number of ether oxygens (including phenoxy) is 4. The van der Waals surface area contributed by atoms with E-state index in [0.717, 1.165) is 35.8 Å². The number of hydrogen-bond acceptors (Lipinski definition) is 11. The predicted molar refractivity (Wildman–Crippen MR) is 158 cm³/mol. The van der Waals surface area contributed by atoms with E-state index in [1.165, 1.54) is 0 Å². The fourth-order valence-electron chi connectivity index (χ4n) is 4.57. The topological polar surface area (TPSA) is 160 Å². The van der Waals surface area contributed by atoms with Crippen molar-refractivity contribution < 1.29 is 33.3 Å². The van der Waals surface area contributed by atoms with E-state index >= 15 is 0 Å². The van der Waals surface area contributed by atoms with Gasteiger partial charge in [-0.1, -0.05) is 76.2 Å². The highest BCUT2D eigenvalue weighted by Gasteiger charge is 2.46. The molecule has 0 bridgehead atoms. The van der Waals surface area contributed by atoms with Gasteiger partial charge in [-0.3, -0.25) is 14.3 Å². The van der Waals surface area contributed by atoms with Crippen LogP contribution >= 0.6 is 0 Å². The molecule has 2 aromatic heterocycles. The first-order valence-corrected chi connectivity index (χ1v) is 14.5. The number of aromatic nitrogens is 6. The van der Waals surface area contributed by atoms with Crippen LogP contribution in [0.3, 0.4) is 0 Å². The second-order valence-corrected chi connectivity index (χ2v) is 9.75. The molecule has 0 aliphatic rings. The SMILES string of the molecule is CCCc1nc(CC)c(C(=O)OC(OC)(OC(=O)CC)OC(=O)CC)n1Cc1ccc(-c2ccccc2-c2nnn[nH]2)cc1. The first kappa shape index (κ1) is 32.0. The number of carbonyl (C=O) groups is 3. The standard InChI is InChI=1S/C31H36N6O7/c1-6-12-25-32-24(7-2)28(30(40)44-31(41-5,42-26(38)8-3)43-27(39)9-4)37(25)19-20-15-17-21(18-16-20)22-13-10-11-14-23(22)29-33-35-36-34-29/h10-11,13-18H,6-9,12,19H2,1-5H3,(H,33,34,35,36). The van der Waals surface area contributed by atoms with Gasteiger partial charge in [0.15, 0.2) is 11.5 Å². The highest BCUT2D eigenvalue weighted by atomic mass is 17.0. The van der Waals surface area contributed by atoms with Crippen molar-refractivity contribution in [3.8, 4) is 22.5 Å². The number of tetrazole rings is 1. The minimum absolute atomic E-state index is 0.0686. The number of methoxy groups -OCH3 is 1. The van der Waals surface area contributed by atoms with E-state index in [4.69, 9.17) is 23.9 Å². The van der Waals surface area contributed by atoms with E-state index in [0.29, 0.717) is 36.7 Å². The Balaban J connectivity index is 1.69. The summed E-state index contributed by atoms with van der Waals surface area (Å²) in [6.07, 6.45) is -1.02. The zero-order valence-electron chi connectivity index (χ0n) is 25.5. The molecular formula is C31H36N6O7. The largest absolute Gasteiger partial charge is 0.566 e. The van der Waals surface area contributed by atoms with Gasteiger partial charge in [-0.25, -0.2) is 14.9 Å². The van der Waals surface area contributed by atoms with E-state index in [1.54, 1.807) is 18.4 Å². The van der Waals surface area contributed by atoms with Crippen molar-refractivity contribution in [1.82, 2.24) is 30.2 Å². The van der Waals surface area contributed by atoms with Crippen molar-refractivity contribution in [2.24, 2.45) is 0 Å². The number of hydrogen-bond donors (Lipinski definition) is 1. The van der Waals surface area contributed by atoms with Crippen molar-refractivity contribution in [1.29, 1.82) is 0 Å². The average molecular weight is 605 g/mol. The van der Waals surface area contributed by atoms with Crippen LogP contribution in [0.2, 0.25) is 0 Å². The Morgan fingerprint density at radius 3 is 2.09 bits per heavy atom. The number of nitrogens with one attached hydrogen (secondary N) is 1. The fraction of sp³-hybridized carbons (Fsp3) is 0.387. The highest BCUT2D eigenvalue weighted by molar-refractivity contribution is 5.89. The number of aryl methyl sites for hydroxylation is 2. The molecule has 1 N–H and O–H groups in total. The van der Waals surface area contributed by atoms with E-state index in [2.05, 4.69) is 20.6 Å². The second-order valence-electron chi connectivity index (χ2n) is 9.75. The second kappa shape index (κ2) is 14.5. The van der Waals surface area contributed by atoms with Crippen LogP contribution in [0, 0.1) is 0 Å². The monoisotopic (exact) mass is 604 g/mol. The van der Waals surface area contributed by atoms with Gasteiger partial charge in [0, 0.05) is 38.5 Å². The Kier molecular flexibility index (Phi) is 10.6. The molecule has 4 aromatic rings. The smallest absolute Gasteiger partial charge is 0.363 e. The third-order valence-corrected chi connectivity index (χ3v) is 6.78. The molecule has 0 spiro atoms. The van der Waals surface area contributed by atoms with Crippen molar-refractivity contribution in [2.45, 2.75) is 72.5 Å². The van der Waals surface area contributed by atoms with Gasteiger partial charge in [-0.05, 0) is 40.0 Å².